The van der Waals surface area contributed by atoms with Crippen LogP contribution in [0.2, 0.25) is 5.02 Å². The zero-order valence-electron chi connectivity index (χ0n) is 15.3. The molecule has 142 valence electrons. The smallest absolute Gasteiger partial charge is 0.338 e. The van der Waals surface area contributed by atoms with Gasteiger partial charge in [0.1, 0.15) is 6.04 Å². The highest BCUT2D eigenvalue weighted by Gasteiger charge is 2.37. The maximum Gasteiger partial charge on any atom is 0.338 e. The van der Waals surface area contributed by atoms with Crippen molar-refractivity contribution in [3.8, 4) is 0 Å². The van der Waals surface area contributed by atoms with Crippen LogP contribution < -0.4 is 11.1 Å². The number of aromatic nitrogens is 2. The number of halogens is 1. The zero-order chi connectivity index (χ0) is 20.0. The van der Waals surface area contributed by atoms with E-state index in [1.165, 1.54) is 9.36 Å². The van der Waals surface area contributed by atoms with Crippen molar-refractivity contribution < 1.29 is 9.53 Å². The maximum atomic E-state index is 13.3. The summed E-state index contributed by atoms with van der Waals surface area (Å²) in [4.78, 5) is 39.2. The molecule has 2 aromatic carbocycles. The van der Waals surface area contributed by atoms with Gasteiger partial charge in [0.15, 0.2) is 0 Å². The lowest BCUT2D eigenvalue weighted by Gasteiger charge is -2.18. The summed E-state index contributed by atoms with van der Waals surface area (Å²) in [5.41, 5.74) is 0.597. The van der Waals surface area contributed by atoms with Gasteiger partial charge in [0.05, 0.1) is 28.6 Å². The van der Waals surface area contributed by atoms with Gasteiger partial charge in [0.2, 0.25) is 0 Å². The largest absolute Gasteiger partial charge is 0.463 e. The summed E-state index contributed by atoms with van der Waals surface area (Å²) < 4.78 is 7.83. The molecule has 2 heterocycles. The van der Waals surface area contributed by atoms with E-state index in [1.54, 1.807) is 62.4 Å². The van der Waals surface area contributed by atoms with Crippen LogP contribution in [-0.4, -0.2) is 21.9 Å². The average Bonchev–Trinajstić information content (AvgIpc) is 3.00. The van der Waals surface area contributed by atoms with E-state index in [9.17, 15) is 14.4 Å². The summed E-state index contributed by atoms with van der Waals surface area (Å²) in [6.45, 7) is 3.54. The van der Waals surface area contributed by atoms with Crippen LogP contribution in [0.5, 0.6) is 0 Å². The molecule has 0 amide bonds. The number of hydrogen-bond acceptors (Lipinski definition) is 4. The van der Waals surface area contributed by atoms with Crippen molar-refractivity contribution in [3.63, 3.8) is 0 Å². The van der Waals surface area contributed by atoms with E-state index in [0.717, 1.165) is 0 Å². The zero-order valence-corrected chi connectivity index (χ0v) is 16.1. The molecular weight excluding hydrogens is 380 g/mol. The van der Waals surface area contributed by atoms with E-state index in [0.29, 0.717) is 27.1 Å². The Kier molecular flexibility index (Phi) is 4.43. The Morgan fingerprint density at radius 1 is 1.04 bits per heavy atom. The lowest BCUT2D eigenvalue weighted by Crippen LogP contribution is -2.37. The second kappa shape index (κ2) is 6.80. The summed E-state index contributed by atoms with van der Waals surface area (Å²) >= 11 is 6.00. The molecule has 4 rings (SSSR count). The topological polar surface area (TPSA) is 70.3 Å². The van der Waals surface area contributed by atoms with E-state index in [1.807, 2.05) is 0 Å². The molecule has 0 fully saturated rings. The van der Waals surface area contributed by atoms with Crippen LogP contribution >= 0.6 is 11.6 Å². The van der Waals surface area contributed by atoms with Crippen LogP contribution in [0.25, 0.3) is 16.5 Å². The molecule has 0 spiro atoms. The number of benzene rings is 2. The number of nitrogens with zero attached hydrogens (tertiary/aromatic N) is 2. The van der Waals surface area contributed by atoms with Gasteiger partial charge in [-0.05, 0) is 43.7 Å². The lowest BCUT2D eigenvalue weighted by molar-refractivity contribution is -0.138. The van der Waals surface area contributed by atoms with Crippen molar-refractivity contribution in [2.75, 3.05) is 6.61 Å². The summed E-state index contributed by atoms with van der Waals surface area (Å²) in [7, 11) is 0. The second-order valence-electron chi connectivity index (χ2n) is 6.49. The van der Waals surface area contributed by atoms with Crippen molar-refractivity contribution in [1.29, 1.82) is 0 Å². The third-order valence-electron chi connectivity index (χ3n) is 4.91. The van der Waals surface area contributed by atoms with Gasteiger partial charge < -0.3 is 4.74 Å². The molecular formula is C21H17ClN2O4. The minimum atomic E-state index is -0.777. The first-order valence-electron chi connectivity index (χ1n) is 8.86. The summed E-state index contributed by atoms with van der Waals surface area (Å²) in [5, 5.41) is 1.15. The average molecular weight is 397 g/mol. The van der Waals surface area contributed by atoms with E-state index < -0.39 is 12.0 Å². The Morgan fingerprint density at radius 2 is 1.64 bits per heavy atom. The molecule has 6 nitrogen and oxygen atoms in total. The SMILES string of the molecule is CCOC(=O)C1=C(C)n2c(=O)c3ccccc3c(=O)n2C1c1ccc(Cl)cc1. The molecule has 1 aliphatic heterocycles. The third-order valence-corrected chi connectivity index (χ3v) is 5.16. The van der Waals surface area contributed by atoms with Crippen LogP contribution in [-0.2, 0) is 9.53 Å². The predicted octanol–water partition coefficient (Wildman–Crippen LogP) is 3.21. The van der Waals surface area contributed by atoms with Crippen molar-refractivity contribution >= 4 is 34.0 Å². The normalized spacial score (nSPS) is 15.8. The molecule has 0 saturated carbocycles. The predicted molar refractivity (Wildman–Crippen MR) is 108 cm³/mol. The van der Waals surface area contributed by atoms with Gasteiger partial charge in [-0.3, -0.25) is 9.59 Å². The highest BCUT2D eigenvalue weighted by atomic mass is 35.5. The number of fused-ring (bicyclic) bond motifs is 2. The molecule has 0 bridgehead atoms. The quantitative estimate of drug-likeness (QED) is 0.637. The number of allylic oxidation sites excluding steroid dienone is 1. The minimum absolute atomic E-state index is 0.186. The van der Waals surface area contributed by atoms with E-state index in [2.05, 4.69) is 0 Å². The van der Waals surface area contributed by atoms with Gasteiger partial charge in [-0.1, -0.05) is 35.9 Å². The molecule has 0 radical (unpaired) electrons. The monoisotopic (exact) mass is 396 g/mol. The number of carbonyl (C=O) groups excluding carboxylic acids is 1. The summed E-state index contributed by atoms with van der Waals surface area (Å²) in [6.07, 6.45) is 0. The molecule has 3 aromatic rings. The number of rotatable bonds is 3. The Labute approximate surface area is 165 Å². The Bertz CT molecular complexity index is 1250. The Balaban J connectivity index is 2.10. The molecule has 0 aliphatic carbocycles. The van der Waals surface area contributed by atoms with E-state index in [-0.39, 0.29) is 23.3 Å². The van der Waals surface area contributed by atoms with Crippen molar-refractivity contribution in [3.05, 3.63) is 85.4 Å². The van der Waals surface area contributed by atoms with Crippen LogP contribution in [0, 0.1) is 0 Å². The molecule has 0 N–H and O–H groups in total. The van der Waals surface area contributed by atoms with E-state index >= 15 is 0 Å². The van der Waals surface area contributed by atoms with Crippen LogP contribution in [0.1, 0.15) is 25.5 Å². The molecule has 1 aliphatic rings. The third kappa shape index (κ3) is 2.60. The van der Waals surface area contributed by atoms with E-state index in [4.69, 9.17) is 16.3 Å². The van der Waals surface area contributed by atoms with Gasteiger partial charge in [-0.15, -0.1) is 0 Å². The van der Waals surface area contributed by atoms with Gasteiger partial charge in [0, 0.05) is 5.02 Å². The maximum absolute atomic E-state index is 13.3. The first-order chi connectivity index (χ1) is 13.5. The Hall–Kier alpha value is -3.12. The van der Waals surface area contributed by atoms with Gasteiger partial charge in [-0.2, -0.15) is 0 Å². The van der Waals surface area contributed by atoms with Gasteiger partial charge in [0.25, 0.3) is 11.1 Å². The first-order valence-corrected chi connectivity index (χ1v) is 9.23. The minimum Gasteiger partial charge on any atom is -0.463 e. The highest BCUT2D eigenvalue weighted by Crippen LogP contribution is 2.35. The molecule has 1 aromatic heterocycles. The van der Waals surface area contributed by atoms with Crippen molar-refractivity contribution in [2.45, 2.75) is 19.9 Å². The number of esters is 1. The lowest BCUT2D eigenvalue weighted by atomic mass is 9.98. The van der Waals surface area contributed by atoms with Gasteiger partial charge in [-0.25, -0.2) is 14.2 Å². The number of carbonyl (C=O) groups is 1. The number of ether oxygens (including phenoxy) is 1. The van der Waals surface area contributed by atoms with Crippen LogP contribution in [0.15, 0.2) is 63.7 Å². The van der Waals surface area contributed by atoms with Crippen LogP contribution in [0.3, 0.4) is 0 Å². The fourth-order valence-corrected chi connectivity index (χ4v) is 3.81. The standard InChI is InChI=1S/C21H17ClN2O4/c1-3-28-21(27)17-12(2)23-19(25)15-6-4-5-7-16(15)20(26)24(23)18(17)13-8-10-14(22)11-9-13/h4-11,18H,3H2,1-2H3. The summed E-state index contributed by atoms with van der Waals surface area (Å²) in [5.74, 6) is -0.556. The van der Waals surface area contributed by atoms with Gasteiger partial charge >= 0.3 is 5.97 Å². The molecule has 1 unspecified atom stereocenters. The molecule has 7 heteroatoms. The Morgan fingerprint density at radius 3 is 2.25 bits per heavy atom. The fraction of sp³-hybridized carbons (Fsp3) is 0.190. The second-order valence-corrected chi connectivity index (χ2v) is 6.92. The highest BCUT2D eigenvalue weighted by molar-refractivity contribution is 6.30. The van der Waals surface area contributed by atoms with Crippen LogP contribution in [0.4, 0.5) is 0 Å². The molecule has 1 atom stereocenters. The fourth-order valence-electron chi connectivity index (χ4n) is 3.68. The first kappa shape index (κ1) is 18.3. The van der Waals surface area contributed by atoms with Crippen molar-refractivity contribution in [1.82, 2.24) is 9.36 Å². The van der Waals surface area contributed by atoms with Crippen molar-refractivity contribution in [2.24, 2.45) is 0 Å². The molecule has 0 saturated heterocycles. The molecule has 28 heavy (non-hydrogen) atoms. The summed E-state index contributed by atoms with van der Waals surface area (Å²) in [6, 6.07) is 12.7. The number of hydrogen-bond donors (Lipinski definition) is 0.